The highest BCUT2D eigenvalue weighted by Crippen LogP contribution is 2.33. The maximum Gasteiger partial charge on any atom is 0.341 e. The summed E-state index contributed by atoms with van der Waals surface area (Å²) in [6.45, 7) is 1.53. The Kier molecular flexibility index (Phi) is 3.31. The monoisotopic (exact) mass is 283 g/mol. The minimum absolute atomic E-state index is 0.384. The molecular formula is C16H13NO4. The summed E-state index contributed by atoms with van der Waals surface area (Å²) in [5.74, 6) is -0.562. The van der Waals surface area contributed by atoms with Crippen molar-refractivity contribution in [1.82, 2.24) is 5.16 Å². The summed E-state index contributed by atoms with van der Waals surface area (Å²) in [7, 11) is 0. The third-order valence-electron chi connectivity index (χ3n) is 3.15. The number of carboxylic acid groups (broad SMARTS) is 1. The van der Waals surface area contributed by atoms with Crippen LogP contribution in [0.3, 0.4) is 0 Å². The Bertz CT molecular complexity index is 793. The molecule has 5 heteroatoms. The molecule has 3 aromatic rings. The van der Waals surface area contributed by atoms with Gasteiger partial charge >= 0.3 is 5.97 Å². The van der Waals surface area contributed by atoms with Crippen LogP contribution in [0.2, 0.25) is 0 Å². The zero-order valence-corrected chi connectivity index (χ0v) is 11.4. The Morgan fingerprint density at radius 2 is 2.05 bits per heavy atom. The average molecular weight is 283 g/mol. The van der Waals surface area contributed by atoms with E-state index in [0.717, 1.165) is 22.2 Å². The first-order valence-corrected chi connectivity index (χ1v) is 6.45. The van der Waals surface area contributed by atoms with Crippen LogP contribution in [0.15, 0.2) is 47.0 Å². The Morgan fingerprint density at radius 1 is 1.29 bits per heavy atom. The third-order valence-corrected chi connectivity index (χ3v) is 3.15. The second-order valence-corrected chi connectivity index (χ2v) is 4.69. The highest BCUT2D eigenvalue weighted by Gasteiger charge is 2.14. The number of rotatable bonds is 4. The topological polar surface area (TPSA) is 72.6 Å². The van der Waals surface area contributed by atoms with Crippen molar-refractivity contribution in [3.8, 4) is 17.0 Å². The lowest BCUT2D eigenvalue weighted by atomic mass is 10.0. The first-order valence-electron chi connectivity index (χ1n) is 6.45. The van der Waals surface area contributed by atoms with Crippen molar-refractivity contribution < 1.29 is 19.2 Å². The van der Waals surface area contributed by atoms with E-state index in [1.165, 1.54) is 0 Å². The van der Waals surface area contributed by atoms with Gasteiger partial charge in [0.15, 0.2) is 12.2 Å². The van der Waals surface area contributed by atoms with Gasteiger partial charge in [0.05, 0.1) is 5.39 Å². The van der Waals surface area contributed by atoms with Gasteiger partial charge in [-0.15, -0.1) is 0 Å². The van der Waals surface area contributed by atoms with Gasteiger partial charge in [-0.25, -0.2) is 4.79 Å². The van der Waals surface area contributed by atoms with Gasteiger partial charge in [-0.1, -0.05) is 35.5 Å². The molecule has 5 nitrogen and oxygen atoms in total. The van der Waals surface area contributed by atoms with E-state index in [2.05, 4.69) is 5.16 Å². The number of fused-ring (bicyclic) bond motifs is 1. The average Bonchev–Trinajstić information content (AvgIpc) is 2.90. The number of aliphatic carboxylic acids is 1. The number of ether oxygens (including phenoxy) is 1. The van der Waals surface area contributed by atoms with Crippen LogP contribution in [-0.2, 0) is 4.79 Å². The van der Waals surface area contributed by atoms with Crippen molar-refractivity contribution in [2.45, 2.75) is 6.92 Å². The molecule has 0 saturated heterocycles. The molecule has 0 aliphatic rings. The largest absolute Gasteiger partial charge is 0.482 e. The molecule has 1 heterocycles. The van der Waals surface area contributed by atoms with Gasteiger partial charge in [-0.2, -0.15) is 0 Å². The molecule has 0 fully saturated rings. The number of benzene rings is 2. The van der Waals surface area contributed by atoms with E-state index in [1.807, 2.05) is 37.3 Å². The fourth-order valence-electron chi connectivity index (χ4n) is 2.26. The Hall–Kier alpha value is -2.82. The first-order chi connectivity index (χ1) is 10.1. The van der Waals surface area contributed by atoms with Crippen LogP contribution in [0.25, 0.3) is 22.2 Å². The van der Waals surface area contributed by atoms with E-state index in [4.69, 9.17) is 14.4 Å². The van der Waals surface area contributed by atoms with Crippen LogP contribution in [0.4, 0.5) is 0 Å². The quantitative estimate of drug-likeness (QED) is 0.795. The maximum atomic E-state index is 10.5. The van der Waals surface area contributed by atoms with Crippen LogP contribution >= 0.6 is 0 Å². The van der Waals surface area contributed by atoms with Gasteiger partial charge < -0.3 is 14.4 Å². The number of carboxylic acids is 1. The molecule has 106 valence electrons. The molecule has 3 rings (SSSR count). The molecule has 2 aromatic carbocycles. The van der Waals surface area contributed by atoms with Crippen molar-refractivity contribution in [1.29, 1.82) is 0 Å². The van der Waals surface area contributed by atoms with Crippen LogP contribution in [0, 0.1) is 6.92 Å². The molecule has 0 saturated carbocycles. The summed E-state index contributed by atoms with van der Waals surface area (Å²) in [6.07, 6.45) is 0. The molecule has 0 unspecified atom stereocenters. The molecule has 0 bridgehead atoms. The molecule has 0 atom stereocenters. The second-order valence-electron chi connectivity index (χ2n) is 4.69. The molecule has 0 radical (unpaired) electrons. The molecule has 0 amide bonds. The smallest absolute Gasteiger partial charge is 0.341 e. The van der Waals surface area contributed by atoms with Gasteiger partial charge in [-0.05, 0) is 18.6 Å². The van der Waals surface area contributed by atoms with Gasteiger partial charge in [0, 0.05) is 11.6 Å². The van der Waals surface area contributed by atoms with E-state index in [-0.39, 0.29) is 6.61 Å². The highest BCUT2D eigenvalue weighted by atomic mass is 16.5. The fraction of sp³-hybridized carbons (Fsp3) is 0.125. The zero-order valence-electron chi connectivity index (χ0n) is 11.4. The van der Waals surface area contributed by atoms with E-state index < -0.39 is 5.97 Å². The molecule has 0 spiro atoms. The Balaban J connectivity index is 2.05. The van der Waals surface area contributed by atoms with Crippen molar-refractivity contribution in [2.75, 3.05) is 6.61 Å². The number of aromatic nitrogens is 1. The molecule has 21 heavy (non-hydrogen) atoms. The molecular weight excluding hydrogens is 270 g/mol. The van der Waals surface area contributed by atoms with E-state index in [9.17, 15) is 4.79 Å². The second kappa shape index (κ2) is 5.28. The van der Waals surface area contributed by atoms with E-state index in [0.29, 0.717) is 11.3 Å². The van der Waals surface area contributed by atoms with E-state index in [1.54, 1.807) is 12.1 Å². The summed E-state index contributed by atoms with van der Waals surface area (Å²) >= 11 is 0. The lowest BCUT2D eigenvalue weighted by Gasteiger charge is -2.05. The van der Waals surface area contributed by atoms with Crippen molar-refractivity contribution in [3.05, 3.63) is 48.0 Å². The van der Waals surface area contributed by atoms with Crippen molar-refractivity contribution in [3.63, 3.8) is 0 Å². The van der Waals surface area contributed by atoms with Gasteiger partial charge in [-0.3, -0.25) is 0 Å². The predicted molar refractivity (Wildman–Crippen MR) is 77.3 cm³/mol. The summed E-state index contributed by atoms with van der Waals surface area (Å²) < 4.78 is 10.5. The Morgan fingerprint density at radius 3 is 2.76 bits per heavy atom. The lowest BCUT2D eigenvalue weighted by Crippen LogP contribution is -2.09. The van der Waals surface area contributed by atoms with Crippen LogP contribution in [0.5, 0.6) is 5.75 Å². The van der Waals surface area contributed by atoms with Gasteiger partial charge in [0.1, 0.15) is 11.4 Å². The number of aryl methyl sites for hydroxylation is 1. The summed E-state index contributed by atoms with van der Waals surface area (Å²) in [5.41, 5.74) is 3.24. The Labute approximate surface area is 120 Å². The van der Waals surface area contributed by atoms with Crippen LogP contribution < -0.4 is 4.74 Å². The molecule has 0 aliphatic heterocycles. The number of nitrogens with zero attached hydrogens (tertiary/aromatic N) is 1. The van der Waals surface area contributed by atoms with Crippen molar-refractivity contribution in [2.24, 2.45) is 0 Å². The fourth-order valence-corrected chi connectivity index (χ4v) is 2.26. The molecule has 1 N–H and O–H groups in total. The number of hydrogen-bond acceptors (Lipinski definition) is 4. The molecule has 1 aromatic heterocycles. The SMILES string of the molecule is Cc1cc(OCC(=O)O)cc2onc(-c3ccccc3)c12. The molecule has 0 aliphatic carbocycles. The standard InChI is InChI=1S/C16H13NO4/c1-10-7-12(20-9-14(18)19)8-13-15(10)16(17-21-13)11-5-3-2-4-6-11/h2-8H,9H2,1H3,(H,18,19). The summed E-state index contributed by atoms with van der Waals surface area (Å²) in [4.78, 5) is 10.5. The van der Waals surface area contributed by atoms with Gasteiger partial charge in [0.25, 0.3) is 0 Å². The van der Waals surface area contributed by atoms with Crippen LogP contribution in [0.1, 0.15) is 5.56 Å². The lowest BCUT2D eigenvalue weighted by molar-refractivity contribution is -0.139. The predicted octanol–water partition coefficient (Wildman–Crippen LogP) is 3.27. The van der Waals surface area contributed by atoms with E-state index >= 15 is 0 Å². The summed E-state index contributed by atoms with van der Waals surface area (Å²) in [5, 5.41) is 13.7. The van der Waals surface area contributed by atoms with Gasteiger partial charge in [0.2, 0.25) is 0 Å². The highest BCUT2D eigenvalue weighted by molar-refractivity contribution is 5.94. The first kappa shape index (κ1) is 13.2. The maximum absolute atomic E-state index is 10.5. The van der Waals surface area contributed by atoms with Crippen molar-refractivity contribution >= 4 is 16.9 Å². The van der Waals surface area contributed by atoms with Crippen LogP contribution in [-0.4, -0.2) is 22.8 Å². The minimum atomic E-state index is -1.02. The minimum Gasteiger partial charge on any atom is -0.482 e. The third kappa shape index (κ3) is 2.58. The zero-order chi connectivity index (χ0) is 14.8. The normalized spacial score (nSPS) is 10.7. The number of carbonyl (C=O) groups is 1. The summed E-state index contributed by atoms with van der Waals surface area (Å²) in [6, 6.07) is 13.2. The number of hydrogen-bond donors (Lipinski definition) is 1.